The van der Waals surface area contributed by atoms with Crippen LogP contribution in [-0.4, -0.2) is 22.2 Å². The molecule has 0 rings (SSSR count). The van der Waals surface area contributed by atoms with Gasteiger partial charge in [0, 0.05) is 5.57 Å². The van der Waals surface area contributed by atoms with Crippen LogP contribution in [0.1, 0.15) is 20.3 Å². The van der Waals surface area contributed by atoms with Crippen LogP contribution in [-0.2, 0) is 9.59 Å². The Morgan fingerprint density at radius 3 is 2.36 bits per heavy atom. The van der Waals surface area contributed by atoms with Crippen molar-refractivity contribution in [3.05, 3.63) is 23.8 Å². The molecule has 0 spiro atoms. The van der Waals surface area contributed by atoms with Crippen molar-refractivity contribution in [1.29, 1.82) is 0 Å². The van der Waals surface area contributed by atoms with Crippen molar-refractivity contribution in [1.82, 2.24) is 0 Å². The van der Waals surface area contributed by atoms with E-state index in [-0.39, 0.29) is 5.57 Å². The SMILES string of the molecule is C/C(=C\C=C\CC(C)C(=O)O)C(=O)O. The Kier molecular flexibility index (Phi) is 5.29. The van der Waals surface area contributed by atoms with Gasteiger partial charge in [-0.3, -0.25) is 4.79 Å². The molecule has 0 aromatic carbocycles. The molecule has 0 aliphatic rings. The van der Waals surface area contributed by atoms with Crippen molar-refractivity contribution in [2.45, 2.75) is 20.3 Å². The van der Waals surface area contributed by atoms with Crippen LogP contribution in [0, 0.1) is 5.92 Å². The fraction of sp³-hybridized carbons (Fsp3) is 0.400. The molecule has 0 amide bonds. The summed E-state index contributed by atoms with van der Waals surface area (Å²) in [7, 11) is 0. The van der Waals surface area contributed by atoms with E-state index in [9.17, 15) is 9.59 Å². The maximum absolute atomic E-state index is 10.4. The molecule has 0 saturated heterocycles. The number of carboxylic acids is 2. The molecule has 78 valence electrons. The zero-order valence-electron chi connectivity index (χ0n) is 8.23. The Hall–Kier alpha value is -1.58. The van der Waals surface area contributed by atoms with Crippen molar-refractivity contribution in [3.63, 3.8) is 0 Å². The molecule has 4 nitrogen and oxygen atoms in total. The Morgan fingerprint density at radius 1 is 1.36 bits per heavy atom. The molecule has 0 aromatic heterocycles. The van der Waals surface area contributed by atoms with Gasteiger partial charge in [0.2, 0.25) is 0 Å². The summed E-state index contributed by atoms with van der Waals surface area (Å²) in [5.41, 5.74) is 0.226. The second-order valence-corrected chi connectivity index (χ2v) is 3.06. The van der Waals surface area contributed by atoms with Crippen molar-refractivity contribution in [2.24, 2.45) is 5.92 Å². The number of carboxylic acid groups (broad SMARTS) is 2. The number of rotatable bonds is 5. The molecule has 4 heteroatoms. The van der Waals surface area contributed by atoms with Gasteiger partial charge in [0.1, 0.15) is 0 Å². The third-order valence-corrected chi connectivity index (χ3v) is 1.73. The lowest BCUT2D eigenvalue weighted by Gasteiger charge is -1.99. The standard InChI is InChI=1S/C10H14O4/c1-7(9(11)12)5-3-4-6-8(2)10(13)14/h3-5,8H,6H2,1-2H3,(H,11,12)(H,13,14)/b4-3+,7-5+. The number of hydrogen-bond donors (Lipinski definition) is 2. The van der Waals surface area contributed by atoms with Crippen molar-refractivity contribution in [2.75, 3.05) is 0 Å². The van der Waals surface area contributed by atoms with E-state index < -0.39 is 17.9 Å². The van der Waals surface area contributed by atoms with Crippen LogP contribution >= 0.6 is 0 Å². The maximum Gasteiger partial charge on any atom is 0.331 e. The fourth-order valence-corrected chi connectivity index (χ4v) is 0.667. The summed E-state index contributed by atoms with van der Waals surface area (Å²) in [4.78, 5) is 20.7. The van der Waals surface area contributed by atoms with Gasteiger partial charge in [-0.05, 0) is 13.3 Å². The monoisotopic (exact) mass is 198 g/mol. The minimum Gasteiger partial charge on any atom is -0.481 e. The zero-order chi connectivity index (χ0) is 11.1. The van der Waals surface area contributed by atoms with Crippen LogP contribution in [0.5, 0.6) is 0 Å². The lowest BCUT2D eigenvalue weighted by molar-refractivity contribution is -0.141. The summed E-state index contributed by atoms with van der Waals surface area (Å²) in [5, 5.41) is 17.0. The highest BCUT2D eigenvalue weighted by molar-refractivity contribution is 5.86. The van der Waals surface area contributed by atoms with Crippen LogP contribution in [0.3, 0.4) is 0 Å². The predicted octanol–water partition coefficient (Wildman–Crippen LogP) is 1.68. The van der Waals surface area contributed by atoms with Crippen molar-refractivity contribution in [3.8, 4) is 0 Å². The first kappa shape index (κ1) is 12.4. The van der Waals surface area contributed by atoms with E-state index in [0.717, 1.165) is 0 Å². The highest BCUT2D eigenvalue weighted by Crippen LogP contribution is 2.03. The van der Waals surface area contributed by atoms with E-state index >= 15 is 0 Å². The maximum atomic E-state index is 10.4. The molecule has 0 aliphatic heterocycles. The Balaban J connectivity index is 4.03. The highest BCUT2D eigenvalue weighted by atomic mass is 16.4. The smallest absolute Gasteiger partial charge is 0.331 e. The molecule has 0 heterocycles. The normalized spacial score (nSPS) is 14.3. The van der Waals surface area contributed by atoms with E-state index in [1.165, 1.54) is 13.0 Å². The summed E-state index contributed by atoms with van der Waals surface area (Å²) in [6.07, 6.45) is 5.05. The van der Waals surface area contributed by atoms with E-state index in [1.54, 1.807) is 19.1 Å². The second-order valence-electron chi connectivity index (χ2n) is 3.06. The van der Waals surface area contributed by atoms with Crippen molar-refractivity contribution >= 4 is 11.9 Å². The van der Waals surface area contributed by atoms with E-state index in [1.807, 2.05) is 0 Å². The van der Waals surface area contributed by atoms with Gasteiger partial charge in [-0.1, -0.05) is 25.2 Å². The molecule has 1 atom stereocenters. The predicted molar refractivity (Wildman–Crippen MR) is 51.9 cm³/mol. The average molecular weight is 198 g/mol. The fourth-order valence-electron chi connectivity index (χ4n) is 0.667. The molecule has 0 aliphatic carbocycles. The second kappa shape index (κ2) is 5.96. The van der Waals surface area contributed by atoms with Crippen LogP contribution in [0.15, 0.2) is 23.8 Å². The topological polar surface area (TPSA) is 74.6 Å². The van der Waals surface area contributed by atoms with Crippen LogP contribution in [0.4, 0.5) is 0 Å². The molecule has 0 bridgehead atoms. The van der Waals surface area contributed by atoms with Crippen LogP contribution < -0.4 is 0 Å². The Bertz CT molecular complexity index is 276. The van der Waals surface area contributed by atoms with E-state index in [2.05, 4.69) is 0 Å². The van der Waals surface area contributed by atoms with Crippen LogP contribution in [0.2, 0.25) is 0 Å². The summed E-state index contributed by atoms with van der Waals surface area (Å²) in [5.74, 6) is -2.26. The quantitative estimate of drug-likeness (QED) is 0.520. The van der Waals surface area contributed by atoms with E-state index in [0.29, 0.717) is 6.42 Å². The highest BCUT2D eigenvalue weighted by Gasteiger charge is 2.07. The first-order valence-electron chi connectivity index (χ1n) is 4.24. The summed E-state index contributed by atoms with van der Waals surface area (Å²) >= 11 is 0. The summed E-state index contributed by atoms with van der Waals surface area (Å²) in [6, 6.07) is 0. The van der Waals surface area contributed by atoms with Gasteiger partial charge in [0.15, 0.2) is 0 Å². The third-order valence-electron chi connectivity index (χ3n) is 1.73. The summed E-state index contributed by atoms with van der Waals surface area (Å²) in [6.45, 7) is 3.08. The number of hydrogen-bond acceptors (Lipinski definition) is 2. The molecular weight excluding hydrogens is 184 g/mol. The zero-order valence-corrected chi connectivity index (χ0v) is 8.23. The molecule has 0 aromatic rings. The van der Waals surface area contributed by atoms with Gasteiger partial charge in [0.05, 0.1) is 5.92 Å². The van der Waals surface area contributed by atoms with Crippen LogP contribution in [0.25, 0.3) is 0 Å². The molecule has 0 saturated carbocycles. The lowest BCUT2D eigenvalue weighted by Crippen LogP contribution is -2.07. The molecule has 0 radical (unpaired) electrons. The Morgan fingerprint density at radius 2 is 1.93 bits per heavy atom. The van der Waals surface area contributed by atoms with Gasteiger partial charge in [-0.25, -0.2) is 4.79 Å². The molecule has 1 unspecified atom stereocenters. The first-order chi connectivity index (χ1) is 6.45. The Labute approximate surface area is 82.6 Å². The first-order valence-corrected chi connectivity index (χ1v) is 4.24. The summed E-state index contributed by atoms with van der Waals surface area (Å²) < 4.78 is 0. The lowest BCUT2D eigenvalue weighted by atomic mass is 10.1. The van der Waals surface area contributed by atoms with Gasteiger partial charge in [-0.2, -0.15) is 0 Å². The molecular formula is C10H14O4. The van der Waals surface area contributed by atoms with Crippen molar-refractivity contribution < 1.29 is 19.8 Å². The van der Waals surface area contributed by atoms with Gasteiger partial charge >= 0.3 is 11.9 Å². The van der Waals surface area contributed by atoms with Gasteiger partial charge in [-0.15, -0.1) is 0 Å². The third kappa shape index (κ3) is 5.13. The largest absolute Gasteiger partial charge is 0.481 e. The number of aliphatic carboxylic acids is 2. The minimum absolute atomic E-state index is 0.226. The molecule has 2 N–H and O–H groups in total. The number of carbonyl (C=O) groups is 2. The average Bonchev–Trinajstić information content (AvgIpc) is 2.11. The van der Waals surface area contributed by atoms with E-state index in [4.69, 9.17) is 10.2 Å². The van der Waals surface area contributed by atoms with Gasteiger partial charge in [0.25, 0.3) is 0 Å². The number of allylic oxidation sites excluding steroid dienone is 3. The molecule has 14 heavy (non-hydrogen) atoms. The van der Waals surface area contributed by atoms with Gasteiger partial charge < -0.3 is 10.2 Å². The molecule has 0 fully saturated rings. The minimum atomic E-state index is -0.971.